The molecule has 0 fully saturated rings. The third kappa shape index (κ3) is 8.44. The van der Waals surface area contributed by atoms with E-state index in [0.29, 0.717) is 12.8 Å². The second-order valence-corrected chi connectivity index (χ2v) is 6.67. The number of allylic oxidation sites excluding steroid dienone is 3. The molecular formula is C20H31O4-. The molecule has 0 heterocycles. The molecule has 1 rings (SSSR count). The van der Waals surface area contributed by atoms with Gasteiger partial charge in [-0.15, -0.1) is 0 Å². The van der Waals surface area contributed by atoms with Crippen molar-refractivity contribution in [3.05, 3.63) is 23.8 Å². The van der Waals surface area contributed by atoms with Crippen LogP contribution in [0.3, 0.4) is 0 Å². The maximum absolute atomic E-state index is 12.0. The first kappa shape index (κ1) is 20.6. The van der Waals surface area contributed by atoms with Crippen LogP contribution < -0.4 is 5.11 Å². The molecule has 4 nitrogen and oxygen atoms in total. The smallest absolute Gasteiger partial charge is 0.144 e. The van der Waals surface area contributed by atoms with Gasteiger partial charge in [-0.2, -0.15) is 0 Å². The highest BCUT2D eigenvalue weighted by Gasteiger charge is 2.25. The van der Waals surface area contributed by atoms with Gasteiger partial charge < -0.3 is 15.0 Å². The van der Waals surface area contributed by atoms with Crippen molar-refractivity contribution in [1.29, 1.82) is 0 Å². The Bertz CT molecular complexity index is 451. The van der Waals surface area contributed by atoms with Crippen LogP contribution in [0, 0.1) is 5.92 Å². The Morgan fingerprint density at radius 1 is 1.29 bits per heavy atom. The summed E-state index contributed by atoms with van der Waals surface area (Å²) in [6.45, 7) is 2.14. The molecule has 4 heteroatoms. The normalized spacial score (nSPS) is 19.0. The van der Waals surface area contributed by atoms with Gasteiger partial charge in [-0.3, -0.25) is 4.79 Å². The number of carbonyl (C=O) groups excluding carboxylic acids is 2. The topological polar surface area (TPSA) is 77.4 Å². The van der Waals surface area contributed by atoms with Crippen LogP contribution in [0.2, 0.25) is 0 Å². The Morgan fingerprint density at radius 3 is 2.75 bits per heavy atom. The molecule has 0 aromatic rings. The van der Waals surface area contributed by atoms with Crippen molar-refractivity contribution in [2.75, 3.05) is 0 Å². The number of ketones is 1. The number of aliphatic hydroxyl groups excluding tert-OH is 1. The molecule has 0 saturated carbocycles. The van der Waals surface area contributed by atoms with E-state index in [4.69, 9.17) is 0 Å². The summed E-state index contributed by atoms with van der Waals surface area (Å²) in [6, 6.07) is 0. The van der Waals surface area contributed by atoms with Crippen molar-refractivity contribution in [2.24, 2.45) is 5.92 Å². The number of rotatable bonds is 13. The molecule has 0 bridgehead atoms. The first-order valence-corrected chi connectivity index (χ1v) is 9.33. The fourth-order valence-corrected chi connectivity index (χ4v) is 3.09. The third-order valence-corrected chi connectivity index (χ3v) is 4.57. The number of aliphatic hydroxyl groups is 1. The zero-order valence-electron chi connectivity index (χ0n) is 14.8. The molecule has 0 unspecified atom stereocenters. The molecule has 2 atom stereocenters. The first-order valence-electron chi connectivity index (χ1n) is 9.33. The van der Waals surface area contributed by atoms with Gasteiger partial charge in [-0.1, -0.05) is 63.7 Å². The van der Waals surface area contributed by atoms with Crippen LogP contribution in [0.15, 0.2) is 23.8 Å². The Balaban J connectivity index is 2.31. The Hall–Kier alpha value is -1.42. The van der Waals surface area contributed by atoms with E-state index >= 15 is 0 Å². The SMILES string of the molecule is CCCCC[C@H](O)/C=C/C1=CCC(=O)[C@@H]1CCCCCCC(=O)[O-]. The molecule has 0 aliphatic heterocycles. The number of unbranched alkanes of at least 4 members (excludes halogenated alkanes) is 5. The minimum atomic E-state index is -0.992. The van der Waals surface area contributed by atoms with Gasteiger partial charge in [0.15, 0.2) is 0 Å². The molecule has 0 aromatic heterocycles. The van der Waals surface area contributed by atoms with Crippen molar-refractivity contribution in [1.82, 2.24) is 0 Å². The molecule has 1 aliphatic rings. The minimum Gasteiger partial charge on any atom is -0.550 e. The van der Waals surface area contributed by atoms with E-state index in [1.165, 1.54) is 0 Å². The van der Waals surface area contributed by atoms with Crippen molar-refractivity contribution in [2.45, 2.75) is 83.7 Å². The molecular weight excluding hydrogens is 304 g/mol. The van der Waals surface area contributed by atoms with Crippen LogP contribution in [-0.2, 0) is 9.59 Å². The number of hydrogen-bond donors (Lipinski definition) is 1. The van der Waals surface area contributed by atoms with E-state index in [1.807, 2.05) is 18.2 Å². The van der Waals surface area contributed by atoms with E-state index in [-0.39, 0.29) is 18.1 Å². The fraction of sp³-hybridized carbons (Fsp3) is 0.700. The van der Waals surface area contributed by atoms with Crippen LogP contribution in [0.5, 0.6) is 0 Å². The Kier molecular flexibility index (Phi) is 10.3. The van der Waals surface area contributed by atoms with Gasteiger partial charge in [0.25, 0.3) is 0 Å². The number of carboxylic acid groups (broad SMARTS) is 1. The summed E-state index contributed by atoms with van der Waals surface area (Å²) in [4.78, 5) is 22.4. The number of aliphatic carboxylic acids is 1. The first-order chi connectivity index (χ1) is 11.5. The highest BCUT2D eigenvalue weighted by Crippen LogP contribution is 2.29. The van der Waals surface area contributed by atoms with Crippen molar-refractivity contribution >= 4 is 11.8 Å². The zero-order valence-corrected chi connectivity index (χ0v) is 14.8. The number of Topliss-reactive ketones (excluding diaryl/α,β-unsaturated/α-hetero) is 1. The summed E-state index contributed by atoms with van der Waals surface area (Å²) < 4.78 is 0. The molecule has 0 saturated heterocycles. The molecule has 1 N–H and O–H groups in total. The van der Waals surface area contributed by atoms with E-state index in [0.717, 1.165) is 56.9 Å². The monoisotopic (exact) mass is 335 g/mol. The second-order valence-electron chi connectivity index (χ2n) is 6.67. The van der Waals surface area contributed by atoms with Crippen LogP contribution in [0.4, 0.5) is 0 Å². The lowest BCUT2D eigenvalue weighted by atomic mass is 9.92. The van der Waals surface area contributed by atoms with E-state index in [2.05, 4.69) is 6.92 Å². The molecule has 0 radical (unpaired) electrons. The Morgan fingerprint density at radius 2 is 2.04 bits per heavy atom. The van der Waals surface area contributed by atoms with Crippen molar-refractivity contribution in [3.63, 3.8) is 0 Å². The third-order valence-electron chi connectivity index (χ3n) is 4.57. The van der Waals surface area contributed by atoms with E-state index in [9.17, 15) is 19.8 Å². The van der Waals surface area contributed by atoms with Gasteiger partial charge >= 0.3 is 0 Å². The van der Waals surface area contributed by atoms with Gasteiger partial charge in [-0.25, -0.2) is 0 Å². The summed E-state index contributed by atoms with van der Waals surface area (Å²) in [7, 11) is 0. The van der Waals surface area contributed by atoms with Gasteiger partial charge in [0.05, 0.1) is 6.10 Å². The summed E-state index contributed by atoms with van der Waals surface area (Å²) in [5, 5.41) is 20.3. The maximum Gasteiger partial charge on any atom is 0.144 e. The van der Waals surface area contributed by atoms with Crippen molar-refractivity contribution in [3.8, 4) is 0 Å². The van der Waals surface area contributed by atoms with Gasteiger partial charge in [0.2, 0.25) is 0 Å². The summed E-state index contributed by atoms with van der Waals surface area (Å²) in [6.07, 6.45) is 14.1. The van der Waals surface area contributed by atoms with Crippen LogP contribution >= 0.6 is 0 Å². The quantitative estimate of drug-likeness (QED) is 0.525. The molecule has 1 aliphatic carbocycles. The lowest BCUT2D eigenvalue weighted by Crippen LogP contribution is -2.21. The number of carboxylic acids is 1. The molecule has 136 valence electrons. The van der Waals surface area contributed by atoms with Gasteiger partial charge in [0, 0.05) is 18.3 Å². The standard InChI is InChI=1S/C20H32O4/c1-2-3-6-9-17(21)14-12-16-13-15-19(22)18(16)10-7-4-5-8-11-20(23)24/h12-14,17-18,21H,2-11,15H2,1H3,(H,23,24)/p-1/b14-12+/t17-,18+/m0/s1. The van der Waals surface area contributed by atoms with Crippen LogP contribution in [0.25, 0.3) is 0 Å². The molecule has 0 amide bonds. The Labute approximate surface area is 145 Å². The summed E-state index contributed by atoms with van der Waals surface area (Å²) in [5.74, 6) is -0.788. The highest BCUT2D eigenvalue weighted by molar-refractivity contribution is 5.89. The predicted octanol–water partition coefficient (Wildman–Crippen LogP) is 3.09. The van der Waals surface area contributed by atoms with E-state index in [1.54, 1.807) is 0 Å². The fourth-order valence-electron chi connectivity index (χ4n) is 3.09. The number of carbonyl (C=O) groups is 2. The van der Waals surface area contributed by atoms with Crippen LogP contribution in [-0.4, -0.2) is 23.0 Å². The van der Waals surface area contributed by atoms with E-state index < -0.39 is 12.1 Å². The average molecular weight is 335 g/mol. The molecule has 24 heavy (non-hydrogen) atoms. The average Bonchev–Trinajstić information content (AvgIpc) is 2.89. The minimum absolute atomic E-state index is 0.0507. The maximum atomic E-state index is 12.0. The largest absolute Gasteiger partial charge is 0.550 e. The molecule has 0 aromatic carbocycles. The van der Waals surface area contributed by atoms with Gasteiger partial charge in [-0.05, 0) is 31.3 Å². The van der Waals surface area contributed by atoms with Gasteiger partial charge in [0.1, 0.15) is 5.78 Å². The second kappa shape index (κ2) is 12.0. The lowest BCUT2D eigenvalue weighted by molar-refractivity contribution is -0.305. The predicted molar refractivity (Wildman–Crippen MR) is 93.2 cm³/mol. The van der Waals surface area contributed by atoms with Crippen LogP contribution in [0.1, 0.15) is 77.6 Å². The number of hydrogen-bond acceptors (Lipinski definition) is 4. The highest BCUT2D eigenvalue weighted by atomic mass is 16.4. The lowest BCUT2D eigenvalue weighted by Gasteiger charge is -2.12. The summed E-state index contributed by atoms with van der Waals surface area (Å²) in [5.41, 5.74) is 1.03. The zero-order chi connectivity index (χ0) is 17.8. The van der Waals surface area contributed by atoms with Crippen molar-refractivity contribution < 1.29 is 19.8 Å². The summed E-state index contributed by atoms with van der Waals surface area (Å²) >= 11 is 0. The molecule has 0 spiro atoms.